The molecule has 5 heteroatoms. The Morgan fingerprint density at radius 2 is 1.95 bits per heavy atom. The van der Waals surface area contributed by atoms with E-state index in [1.54, 1.807) is 18.3 Å². The largest absolute Gasteiger partial charge is 0.508 e. The summed E-state index contributed by atoms with van der Waals surface area (Å²) in [6.07, 6.45) is 3.66. The lowest BCUT2D eigenvalue weighted by atomic mass is 10.0. The van der Waals surface area contributed by atoms with Crippen molar-refractivity contribution in [1.29, 1.82) is 0 Å². The zero-order valence-electron chi connectivity index (χ0n) is 11.8. The summed E-state index contributed by atoms with van der Waals surface area (Å²) >= 11 is 0. The molecule has 1 saturated carbocycles. The molecule has 110 valence electrons. The fraction of sp³-hybridized carbons (Fsp3) is 0.176. The maximum Gasteiger partial charge on any atom is 0.227 e. The van der Waals surface area contributed by atoms with Crippen LogP contribution in [-0.2, 0) is 4.79 Å². The smallest absolute Gasteiger partial charge is 0.227 e. The number of phenols is 1. The van der Waals surface area contributed by atoms with Crippen LogP contribution in [0.15, 0.2) is 42.6 Å². The summed E-state index contributed by atoms with van der Waals surface area (Å²) in [4.78, 5) is 12.1. The van der Waals surface area contributed by atoms with Gasteiger partial charge in [-0.15, -0.1) is 0 Å². The average molecular weight is 293 g/mol. The number of aromatic nitrogens is 2. The number of nitrogens with one attached hydrogen (secondary N) is 2. The highest BCUT2D eigenvalue weighted by atomic mass is 16.3. The van der Waals surface area contributed by atoms with E-state index >= 15 is 0 Å². The lowest BCUT2D eigenvalue weighted by Crippen LogP contribution is -2.13. The van der Waals surface area contributed by atoms with Crippen molar-refractivity contribution < 1.29 is 9.90 Å². The number of nitrogens with zero attached hydrogens (tertiary/aromatic N) is 1. The van der Waals surface area contributed by atoms with Gasteiger partial charge in [-0.2, -0.15) is 5.10 Å². The van der Waals surface area contributed by atoms with Gasteiger partial charge in [-0.25, -0.2) is 0 Å². The van der Waals surface area contributed by atoms with Crippen LogP contribution in [0.2, 0.25) is 0 Å². The first-order valence-corrected chi connectivity index (χ1v) is 7.28. The van der Waals surface area contributed by atoms with Gasteiger partial charge in [-0.1, -0.05) is 12.1 Å². The van der Waals surface area contributed by atoms with E-state index < -0.39 is 0 Å². The molecule has 1 aliphatic carbocycles. The Hall–Kier alpha value is -2.82. The van der Waals surface area contributed by atoms with Gasteiger partial charge in [0.25, 0.3) is 0 Å². The van der Waals surface area contributed by atoms with Crippen molar-refractivity contribution >= 4 is 22.5 Å². The Balaban J connectivity index is 1.78. The summed E-state index contributed by atoms with van der Waals surface area (Å²) in [5.74, 6) is 0.457. The maximum absolute atomic E-state index is 12.1. The molecule has 1 aliphatic rings. The van der Waals surface area contributed by atoms with Crippen LogP contribution in [0.3, 0.4) is 0 Å². The van der Waals surface area contributed by atoms with Gasteiger partial charge in [0, 0.05) is 11.3 Å². The fourth-order valence-electron chi connectivity index (χ4n) is 2.56. The molecule has 5 nitrogen and oxygen atoms in total. The molecule has 0 spiro atoms. The topological polar surface area (TPSA) is 78.0 Å². The molecule has 0 atom stereocenters. The highest BCUT2D eigenvalue weighted by molar-refractivity contribution is 6.04. The van der Waals surface area contributed by atoms with Crippen LogP contribution in [0.4, 0.5) is 5.69 Å². The highest BCUT2D eigenvalue weighted by Gasteiger charge is 2.30. The molecule has 0 radical (unpaired) electrons. The summed E-state index contributed by atoms with van der Waals surface area (Å²) in [6.45, 7) is 0. The Morgan fingerprint density at radius 3 is 2.68 bits per heavy atom. The number of hydrogen-bond donors (Lipinski definition) is 3. The first kappa shape index (κ1) is 12.9. The van der Waals surface area contributed by atoms with Crippen molar-refractivity contribution in [3.8, 4) is 16.9 Å². The molecule has 1 fully saturated rings. The number of aromatic hydroxyl groups is 1. The Bertz CT molecular complexity index is 848. The van der Waals surface area contributed by atoms with E-state index in [1.165, 1.54) is 0 Å². The molecule has 2 aromatic carbocycles. The van der Waals surface area contributed by atoms with Crippen molar-refractivity contribution in [2.24, 2.45) is 5.92 Å². The maximum atomic E-state index is 12.1. The van der Waals surface area contributed by atoms with Crippen LogP contribution in [-0.4, -0.2) is 21.2 Å². The number of H-pyrrole nitrogens is 1. The number of hydrogen-bond acceptors (Lipinski definition) is 3. The molecule has 0 aliphatic heterocycles. The normalized spacial score (nSPS) is 14.2. The van der Waals surface area contributed by atoms with Gasteiger partial charge in [0.2, 0.25) is 5.91 Å². The van der Waals surface area contributed by atoms with Crippen LogP contribution >= 0.6 is 0 Å². The molecule has 0 bridgehead atoms. The molecule has 3 aromatic rings. The molecule has 1 aromatic heterocycles. The minimum absolute atomic E-state index is 0.0744. The van der Waals surface area contributed by atoms with Gasteiger partial charge in [-0.3, -0.25) is 9.89 Å². The number of carbonyl (C=O) groups excluding carboxylic acids is 1. The first-order chi connectivity index (χ1) is 10.7. The van der Waals surface area contributed by atoms with Crippen molar-refractivity contribution in [1.82, 2.24) is 10.2 Å². The predicted molar refractivity (Wildman–Crippen MR) is 84.5 cm³/mol. The van der Waals surface area contributed by atoms with Gasteiger partial charge in [-0.05, 0) is 48.2 Å². The van der Waals surface area contributed by atoms with Gasteiger partial charge < -0.3 is 10.4 Å². The summed E-state index contributed by atoms with van der Waals surface area (Å²) in [7, 11) is 0. The number of phenolic OH excluding ortho intramolecular Hbond substituents is 1. The van der Waals surface area contributed by atoms with E-state index in [9.17, 15) is 9.90 Å². The Labute approximate surface area is 127 Å². The number of rotatable bonds is 3. The second-order valence-corrected chi connectivity index (χ2v) is 5.67. The molecule has 22 heavy (non-hydrogen) atoms. The van der Waals surface area contributed by atoms with Crippen molar-refractivity contribution in [3.63, 3.8) is 0 Å². The first-order valence-electron chi connectivity index (χ1n) is 7.28. The third kappa shape index (κ3) is 2.30. The minimum atomic E-state index is 0.0744. The van der Waals surface area contributed by atoms with Gasteiger partial charge in [0.15, 0.2) is 0 Å². The lowest BCUT2D eigenvalue weighted by molar-refractivity contribution is -0.117. The predicted octanol–water partition coefficient (Wildman–Crippen LogP) is 3.28. The SMILES string of the molecule is O=C(Nc1cc(-c2ccc(O)cc2)cc2[nH]ncc12)C1CC1. The molecule has 1 amide bonds. The number of carbonyl (C=O) groups is 1. The summed E-state index contributed by atoms with van der Waals surface area (Å²) < 4.78 is 0. The lowest BCUT2D eigenvalue weighted by Gasteiger charge is -2.09. The standard InChI is InChI=1S/C17H15N3O2/c21-13-5-3-10(4-6-13)12-7-15(19-17(22)11-1-2-11)14-9-18-20-16(14)8-12/h3-9,11,21H,1-2H2,(H,18,20)(H,19,22). The van der Waals surface area contributed by atoms with Crippen LogP contribution in [0.5, 0.6) is 5.75 Å². The van der Waals surface area contributed by atoms with E-state index in [1.807, 2.05) is 24.3 Å². The van der Waals surface area contributed by atoms with E-state index in [0.717, 1.165) is 40.6 Å². The number of benzene rings is 2. The van der Waals surface area contributed by atoms with Crippen molar-refractivity contribution in [2.75, 3.05) is 5.32 Å². The van der Waals surface area contributed by atoms with E-state index in [4.69, 9.17) is 0 Å². The van der Waals surface area contributed by atoms with Gasteiger partial charge in [0.1, 0.15) is 5.75 Å². The number of anilines is 1. The molecular weight excluding hydrogens is 278 g/mol. The van der Waals surface area contributed by atoms with Gasteiger partial charge in [0.05, 0.1) is 17.4 Å². The second-order valence-electron chi connectivity index (χ2n) is 5.67. The minimum Gasteiger partial charge on any atom is -0.508 e. The average Bonchev–Trinajstić information content (AvgIpc) is 3.26. The molecule has 0 saturated heterocycles. The number of fused-ring (bicyclic) bond motifs is 1. The fourth-order valence-corrected chi connectivity index (χ4v) is 2.56. The molecule has 4 rings (SSSR count). The van der Waals surface area contributed by atoms with Crippen molar-refractivity contribution in [2.45, 2.75) is 12.8 Å². The third-order valence-corrected chi connectivity index (χ3v) is 3.97. The molecular formula is C17H15N3O2. The van der Waals surface area contributed by atoms with E-state index in [0.29, 0.717) is 0 Å². The van der Waals surface area contributed by atoms with Crippen LogP contribution in [0.1, 0.15) is 12.8 Å². The highest BCUT2D eigenvalue weighted by Crippen LogP contribution is 2.34. The van der Waals surface area contributed by atoms with E-state index in [-0.39, 0.29) is 17.6 Å². The molecule has 3 N–H and O–H groups in total. The zero-order chi connectivity index (χ0) is 15.1. The summed E-state index contributed by atoms with van der Waals surface area (Å²) in [6, 6.07) is 10.9. The summed E-state index contributed by atoms with van der Waals surface area (Å²) in [5.41, 5.74) is 3.57. The summed E-state index contributed by atoms with van der Waals surface area (Å²) in [5, 5.41) is 20.3. The third-order valence-electron chi connectivity index (χ3n) is 3.97. The zero-order valence-corrected chi connectivity index (χ0v) is 11.8. The Kier molecular flexibility index (Phi) is 2.85. The Morgan fingerprint density at radius 1 is 1.18 bits per heavy atom. The quantitative estimate of drug-likeness (QED) is 0.693. The van der Waals surface area contributed by atoms with Crippen LogP contribution in [0, 0.1) is 5.92 Å². The number of aromatic amines is 1. The second kappa shape index (κ2) is 4.87. The van der Waals surface area contributed by atoms with Crippen molar-refractivity contribution in [3.05, 3.63) is 42.6 Å². The van der Waals surface area contributed by atoms with Crippen LogP contribution < -0.4 is 5.32 Å². The van der Waals surface area contributed by atoms with E-state index in [2.05, 4.69) is 15.5 Å². The molecule has 0 unspecified atom stereocenters. The molecule has 1 heterocycles. The monoisotopic (exact) mass is 293 g/mol. The van der Waals surface area contributed by atoms with Crippen LogP contribution in [0.25, 0.3) is 22.0 Å². The van der Waals surface area contributed by atoms with Gasteiger partial charge >= 0.3 is 0 Å². The number of amides is 1.